The molecule has 0 aromatic carbocycles. The third-order valence-corrected chi connectivity index (χ3v) is 4.02. The Morgan fingerprint density at radius 1 is 1.05 bits per heavy atom. The molecule has 1 aromatic heterocycles. The third kappa shape index (κ3) is 3.03. The lowest BCUT2D eigenvalue weighted by atomic mass is 10.0. The van der Waals surface area contributed by atoms with E-state index in [2.05, 4.69) is 52.8 Å². The van der Waals surface area contributed by atoms with E-state index < -0.39 is 0 Å². The van der Waals surface area contributed by atoms with Crippen LogP contribution in [-0.2, 0) is 0 Å². The van der Waals surface area contributed by atoms with Gasteiger partial charge in [-0.2, -0.15) is 0 Å². The summed E-state index contributed by atoms with van der Waals surface area (Å²) in [7, 11) is 1.93. The minimum Gasteiger partial charge on any atom is -0.373 e. The molecule has 1 aliphatic rings. The van der Waals surface area contributed by atoms with E-state index in [4.69, 9.17) is 0 Å². The van der Waals surface area contributed by atoms with Crippen molar-refractivity contribution in [3.63, 3.8) is 0 Å². The highest BCUT2D eigenvalue weighted by Crippen LogP contribution is 2.31. The Morgan fingerprint density at radius 3 is 2.20 bits per heavy atom. The second-order valence-electron chi connectivity index (χ2n) is 5.98. The maximum Gasteiger partial charge on any atom is 0.137 e. The highest BCUT2D eigenvalue weighted by Gasteiger charge is 2.24. The lowest BCUT2D eigenvalue weighted by molar-refractivity contribution is 0.209. The molecule has 20 heavy (non-hydrogen) atoms. The molecule has 0 radical (unpaired) electrons. The predicted molar refractivity (Wildman–Crippen MR) is 84.6 cm³/mol. The van der Waals surface area contributed by atoms with E-state index in [1.807, 2.05) is 7.05 Å². The molecule has 0 bridgehead atoms. The van der Waals surface area contributed by atoms with Crippen LogP contribution in [0.15, 0.2) is 6.33 Å². The van der Waals surface area contributed by atoms with E-state index in [0.29, 0.717) is 12.0 Å². The number of nitrogens with zero attached hydrogens (tertiary/aromatic N) is 4. The van der Waals surface area contributed by atoms with Crippen molar-refractivity contribution in [2.24, 2.45) is 0 Å². The summed E-state index contributed by atoms with van der Waals surface area (Å²) in [6.45, 7) is 13.2. The average Bonchev–Trinajstić information content (AvgIpc) is 2.46. The summed E-state index contributed by atoms with van der Waals surface area (Å²) < 4.78 is 0. The van der Waals surface area contributed by atoms with Crippen molar-refractivity contribution in [3.05, 3.63) is 11.9 Å². The van der Waals surface area contributed by atoms with Crippen molar-refractivity contribution in [1.29, 1.82) is 0 Å². The van der Waals surface area contributed by atoms with Gasteiger partial charge in [0, 0.05) is 44.8 Å². The first kappa shape index (κ1) is 15.0. The SMILES string of the molecule is CNc1ncnc(N2CCN(C(C)C)CC2)c1C(C)C. The quantitative estimate of drug-likeness (QED) is 0.914. The van der Waals surface area contributed by atoms with Gasteiger partial charge in [0.15, 0.2) is 0 Å². The highest BCUT2D eigenvalue weighted by molar-refractivity contribution is 5.60. The first-order valence-electron chi connectivity index (χ1n) is 7.56. The van der Waals surface area contributed by atoms with Crippen molar-refractivity contribution in [1.82, 2.24) is 14.9 Å². The van der Waals surface area contributed by atoms with Crippen molar-refractivity contribution in [2.75, 3.05) is 43.4 Å². The molecule has 1 N–H and O–H groups in total. The van der Waals surface area contributed by atoms with Crippen molar-refractivity contribution < 1.29 is 0 Å². The minimum atomic E-state index is 0.414. The van der Waals surface area contributed by atoms with E-state index >= 15 is 0 Å². The topological polar surface area (TPSA) is 44.3 Å². The molecular weight excluding hydrogens is 250 g/mol. The first-order chi connectivity index (χ1) is 9.54. The Kier molecular flexibility index (Phi) is 4.81. The van der Waals surface area contributed by atoms with Gasteiger partial charge in [-0.15, -0.1) is 0 Å². The predicted octanol–water partition coefficient (Wildman–Crippen LogP) is 2.17. The number of nitrogens with one attached hydrogen (secondary N) is 1. The average molecular weight is 277 g/mol. The van der Waals surface area contributed by atoms with Crippen LogP contribution in [0, 0.1) is 0 Å². The van der Waals surface area contributed by atoms with Gasteiger partial charge in [-0.1, -0.05) is 13.8 Å². The fourth-order valence-electron chi connectivity index (χ4n) is 2.82. The number of hydrogen-bond acceptors (Lipinski definition) is 5. The molecule has 0 spiro atoms. The Balaban J connectivity index is 2.21. The molecule has 1 aliphatic heterocycles. The summed E-state index contributed by atoms with van der Waals surface area (Å²) in [5, 5.41) is 3.20. The molecule has 0 aliphatic carbocycles. The number of hydrogen-bond donors (Lipinski definition) is 1. The number of anilines is 2. The van der Waals surface area contributed by atoms with Gasteiger partial charge in [0.1, 0.15) is 18.0 Å². The van der Waals surface area contributed by atoms with Gasteiger partial charge >= 0.3 is 0 Å². The number of rotatable bonds is 4. The molecule has 0 amide bonds. The fraction of sp³-hybridized carbons (Fsp3) is 0.733. The van der Waals surface area contributed by atoms with Crippen LogP contribution in [0.4, 0.5) is 11.6 Å². The van der Waals surface area contributed by atoms with Crippen molar-refractivity contribution in [2.45, 2.75) is 39.7 Å². The number of piperazine rings is 1. The zero-order valence-electron chi connectivity index (χ0n) is 13.3. The van der Waals surface area contributed by atoms with Gasteiger partial charge in [-0.25, -0.2) is 9.97 Å². The molecule has 1 saturated heterocycles. The maximum atomic E-state index is 4.56. The van der Waals surface area contributed by atoms with E-state index in [9.17, 15) is 0 Å². The summed E-state index contributed by atoms with van der Waals surface area (Å²) in [6, 6.07) is 0.625. The van der Waals surface area contributed by atoms with Crippen molar-refractivity contribution >= 4 is 11.6 Å². The zero-order chi connectivity index (χ0) is 14.7. The van der Waals surface area contributed by atoms with E-state index in [0.717, 1.165) is 37.8 Å². The fourth-order valence-corrected chi connectivity index (χ4v) is 2.82. The Hall–Kier alpha value is -1.36. The second-order valence-corrected chi connectivity index (χ2v) is 5.98. The summed E-state index contributed by atoms with van der Waals surface area (Å²) in [6.07, 6.45) is 1.67. The molecule has 1 fully saturated rings. The largest absolute Gasteiger partial charge is 0.373 e. The normalized spacial score (nSPS) is 17.1. The molecule has 0 saturated carbocycles. The summed E-state index contributed by atoms with van der Waals surface area (Å²) in [5.41, 5.74) is 1.23. The molecule has 2 heterocycles. The maximum absolute atomic E-state index is 4.56. The molecule has 0 unspecified atom stereocenters. The van der Waals surface area contributed by atoms with Crippen LogP contribution < -0.4 is 10.2 Å². The van der Waals surface area contributed by atoms with E-state index in [-0.39, 0.29) is 0 Å². The molecule has 5 heteroatoms. The lowest BCUT2D eigenvalue weighted by Gasteiger charge is -2.38. The third-order valence-electron chi connectivity index (χ3n) is 4.02. The van der Waals surface area contributed by atoms with Crippen LogP contribution in [0.5, 0.6) is 0 Å². The molecular formula is C15H27N5. The van der Waals surface area contributed by atoms with Crippen LogP contribution >= 0.6 is 0 Å². The van der Waals surface area contributed by atoms with E-state index in [1.54, 1.807) is 6.33 Å². The van der Waals surface area contributed by atoms with Crippen LogP contribution in [0.2, 0.25) is 0 Å². The van der Waals surface area contributed by atoms with Crippen LogP contribution in [0.25, 0.3) is 0 Å². The van der Waals surface area contributed by atoms with Crippen LogP contribution in [0.1, 0.15) is 39.2 Å². The molecule has 2 rings (SSSR count). The monoisotopic (exact) mass is 277 g/mol. The molecule has 1 aromatic rings. The summed E-state index contributed by atoms with van der Waals surface area (Å²) in [5.74, 6) is 2.47. The van der Waals surface area contributed by atoms with Gasteiger partial charge in [-0.05, 0) is 19.8 Å². The van der Waals surface area contributed by atoms with Crippen LogP contribution in [0.3, 0.4) is 0 Å². The van der Waals surface area contributed by atoms with Crippen LogP contribution in [-0.4, -0.2) is 54.1 Å². The Bertz CT molecular complexity index is 436. The zero-order valence-corrected chi connectivity index (χ0v) is 13.3. The van der Waals surface area contributed by atoms with E-state index in [1.165, 1.54) is 5.56 Å². The van der Waals surface area contributed by atoms with Gasteiger partial charge in [0.25, 0.3) is 0 Å². The smallest absolute Gasteiger partial charge is 0.137 e. The minimum absolute atomic E-state index is 0.414. The molecule has 112 valence electrons. The summed E-state index contributed by atoms with van der Waals surface area (Å²) in [4.78, 5) is 13.8. The number of aromatic nitrogens is 2. The van der Waals surface area contributed by atoms with Gasteiger partial charge < -0.3 is 10.2 Å². The highest BCUT2D eigenvalue weighted by atomic mass is 15.3. The first-order valence-corrected chi connectivity index (χ1v) is 7.56. The van der Waals surface area contributed by atoms with Crippen molar-refractivity contribution in [3.8, 4) is 0 Å². The standard InChI is InChI=1S/C15H27N5/c1-11(2)13-14(16-5)17-10-18-15(13)20-8-6-19(7-9-20)12(3)4/h10-12H,6-9H2,1-5H3,(H,16,17,18). The molecule has 5 nitrogen and oxygen atoms in total. The van der Waals surface area contributed by atoms with Gasteiger partial charge in [0.05, 0.1) is 0 Å². The Labute approximate surface area is 122 Å². The van der Waals surface area contributed by atoms with Gasteiger partial charge in [-0.3, -0.25) is 4.90 Å². The lowest BCUT2D eigenvalue weighted by Crippen LogP contribution is -2.49. The Morgan fingerprint density at radius 2 is 1.70 bits per heavy atom. The molecule has 0 atom stereocenters. The second kappa shape index (κ2) is 6.39. The van der Waals surface area contributed by atoms with Gasteiger partial charge in [0.2, 0.25) is 0 Å². The summed E-state index contributed by atoms with van der Waals surface area (Å²) >= 11 is 0.